The zero-order valence-electron chi connectivity index (χ0n) is 20.5. The molecule has 1 saturated heterocycles. The largest absolute Gasteiger partial charge is 0.444 e. The van der Waals surface area contributed by atoms with Crippen LogP contribution in [0.4, 0.5) is 4.79 Å². The Hall–Kier alpha value is -0.770. The number of likely N-dealkylation sites (tertiary alicyclic amines) is 1. The Morgan fingerprint density at radius 1 is 1.06 bits per heavy atom. The van der Waals surface area contributed by atoms with E-state index in [1.54, 1.807) is 0 Å². The SMILES string of the molecule is CCNC(=NCC(C1CC1)C1CC1)N1CCC(OCCCNC(=O)OC(C)(C)C)CC1.I. The van der Waals surface area contributed by atoms with Crippen LogP contribution in [0.15, 0.2) is 4.99 Å². The maximum Gasteiger partial charge on any atom is 0.407 e. The zero-order valence-corrected chi connectivity index (χ0v) is 22.9. The van der Waals surface area contributed by atoms with Gasteiger partial charge in [-0.25, -0.2) is 4.79 Å². The molecule has 8 heteroatoms. The van der Waals surface area contributed by atoms with Gasteiger partial charge >= 0.3 is 6.09 Å². The number of hydrogen-bond donors (Lipinski definition) is 2. The standard InChI is InChI=1S/C24H44N4O3.HI/c1-5-25-22(27-17-21(18-7-8-18)19-9-10-19)28-14-11-20(12-15-28)30-16-6-13-26-23(29)31-24(2,3)4;/h18-21H,5-17H2,1-4H3,(H,25,27)(H,26,29);1H. The summed E-state index contributed by atoms with van der Waals surface area (Å²) < 4.78 is 11.3. The first-order valence-electron chi connectivity index (χ1n) is 12.5. The highest BCUT2D eigenvalue weighted by Crippen LogP contribution is 2.49. The molecular formula is C24H45IN4O3. The highest BCUT2D eigenvalue weighted by molar-refractivity contribution is 14.0. The molecule has 1 amide bonds. The predicted molar refractivity (Wildman–Crippen MR) is 140 cm³/mol. The van der Waals surface area contributed by atoms with Crippen LogP contribution in [0.25, 0.3) is 0 Å². The summed E-state index contributed by atoms with van der Waals surface area (Å²) in [6.07, 6.45) is 8.47. The van der Waals surface area contributed by atoms with Crippen molar-refractivity contribution in [3.8, 4) is 0 Å². The van der Waals surface area contributed by atoms with Crippen LogP contribution in [0.2, 0.25) is 0 Å². The average Bonchev–Trinajstić information content (AvgIpc) is 3.60. The first kappa shape index (κ1) is 27.5. The third-order valence-corrected chi connectivity index (χ3v) is 6.33. The number of nitrogens with zero attached hydrogens (tertiary/aromatic N) is 2. The van der Waals surface area contributed by atoms with Gasteiger partial charge in [-0.2, -0.15) is 0 Å². The van der Waals surface area contributed by atoms with E-state index in [2.05, 4.69) is 22.5 Å². The second-order valence-corrected chi connectivity index (χ2v) is 10.4. The summed E-state index contributed by atoms with van der Waals surface area (Å²) in [7, 11) is 0. The Balaban J connectivity index is 0.00000363. The molecule has 7 nitrogen and oxygen atoms in total. The lowest BCUT2D eigenvalue weighted by atomic mass is 9.98. The first-order chi connectivity index (χ1) is 14.9. The number of hydrogen-bond acceptors (Lipinski definition) is 4. The molecule has 0 aromatic rings. The molecule has 0 radical (unpaired) electrons. The number of nitrogens with one attached hydrogen (secondary N) is 2. The Kier molecular flexibility index (Phi) is 11.3. The first-order valence-corrected chi connectivity index (χ1v) is 12.5. The maximum atomic E-state index is 11.7. The lowest BCUT2D eigenvalue weighted by molar-refractivity contribution is 0.0170. The fourth-order valence-corrected chi connectivity index (χ4v) is 4.41. The van der Waals surface area contributed by atoms with Crippen LogP contribution in [-0.4, -0.2) is 68.0 Å². The van der Waals surface area contributed by atoms with E-state index in [9.17, 15) is 4.79 Å². The van der Waals surface area contributed by atoms with Gasteiger partial charge in [0.05, 0.1) is 6.10 Å². The molecule has 0 spiro atoms. The molecule has 0 unspecified atom stereocenters. The van der Waals surface area contributed by atoms with Gasteiger partial charge in [0.2, 0.25) is 0 Å². The highest BCUT2D eigenvalue weighted by Gasteiger charge is 2.41. The third kappa shape index (κ3) is 10.0. The van der Waals surface area contributed by atoms with Gasteiger partial charge in [-0.15, -0.1) is 24.0 Å². The van der Waals surface area contributed by atoms with E-state index in [-0.39, 0.29) is 30.1 Å². The number of halogens is 1. The summed E-state index contributed by atoms with van der Waals surface area (Å²) in [5, 5.41) is 6.30. The van der Waals surface area contributed by atoms with Gasteiger partial charge in [0, 0.05) is 39.3 Å². The number of alkyl carbamates (subject to hydrolysis) is 1. The molecule has 0 atom stereocenters. The number of amides is 1. The number of rotatable bonds is 10. The predicted octanol–water partition coefficient (Wildman–Crippen LogP) is 4.40. The Morgan fingerprint density at radius 2 is 1.69 bits per heavy atom. The second kappa shape index (κ2) is 13.2. The number of aliphatic imine (C=N–C) groups is 1. The van der Waals surface area contributed by atoms with Gasteiger partial charge in [-0.3, -0.25) is 4.99 Å². The maximum absolute atomic E-state index is 11.7. The van der Waals surface area contributed by atoms with E-state index < -0.39 is 5.60 Å². The van der Waals surface area contributed by atoms with Gasteiger partial charge < -0.3 is 25.0 Å². The monoisotopic (exact) mass is 564 g/mol. The zero-order chi connectivity index (χ0) is 22.3. The molecule has 2 saturated carbocycles. The molecule has 0 aromatic carbocycles. The van der Waals surface area contributed by atoms with E-state index in [0.29, 0.717) is 19.3 Å². The van der Waals surface area contributed by atoms with Crippen LogP contribution < -0.4 is 10.6 Å². The van der Waals surface area contributed by atoms with E-state index in [1.165, 1.54) is 25.7 Å². The number of carbonyl (C=O) groups is 1. The average molecular weight is 565 g/mol. The van der Waals surface area contributed by atoms with Crippen LogP contribution >= 0.6 is 24.0 Å². The van der Waals surface area contributed by atoms with Crippen molar-refractivity contribution in [2.75, 3.05) is 39.3 Å². The minimum absolute atomic E-state index is 0. The number of guanidine groups is 1. The fourth-order valence-electron chi connectivity index (χ4n) is 4.41. The summed E-state index contributed by atoms with van der Waals surface area (Å²) in [5.41, 5.74) is -0.458. The molecule has 1 aliphatic heterocycles. The van der Waals surface area contributed by atoms with Crippen molar-refractivity contribution < 1.29 is 14.3 Å². The van der Waals surface area contributed by atoms with Crippen molar-refractivity contribution in [2.45, 2.75) is 84.3 Å². The molecule has 0 bridgehead atoms. The number of carbonyl (C=O) groups excluding carboxylic acids is 1. The topological polar surface area (TPSA) is 75.2 Å². The molecule has 186 valence electrons. The molecule has 3 rings (SSSR count). The second-order valence-electron chi connectivity index (χ2n) is 10.4. The third-order valence-electron chi connectivity index (χ3n) is 6.33. The van der Waals surface area contributed by atoms with Crippen molar-refractivity contribution >= 4 is 36.0 Å². The Labute approximate surface area is 211 Å². The van der Waals surface area contributed by atoms with E-state index in [1.807, 2.05) is 20.8 Å². The van der Waals surface area contributed by atoms with E-state index in [0.717, 1.165) is 69.2 Å². The van der Waals surface area contributed by atoms with E-state index >= 15 is 0 Å². The highest BCUT2D eigenvalue weighted by atomic mass is 127. The molecular weight excluding hydrogens is 519 g/mol. The lowest BCUT2D eigenvalue weighted by Crippen LogP contribution is -2.47. The minimum atomic E-state index is -0.458. The molecule has 2 aliphatic carbocycles. The van der Waals surface area contributed by atoms with Crippen LogP contribution in [0.5, 0.6) is 0 Å². The van der Waals surface area contributed by atoms with Gasteiger partial charge in [-0.1, -0.05) is 0 Å². The van der Waals surface area contributed by atoms with Crippen LogP contribution in [0, 0.1) is 17.8 Å². The summed E-state index contributed by atoms with van der Waals surface area (Å²) >= 11 is 0. The molecule has 0 aromatic heterocycles. The van der Waals surface area contributed by atoms with Gasteiger partial charge in [0.1, 0.15) is 5.60 Å². The van der Waals surface area contributed by atoms with Crippen LogP contribution in [0.3, 0.4) is 0 Å². The van der Waals surface area contributed by atoms with Gasteiger partial charge in [0.15, 0.2) is 5.96 Å². The van der Waals surface area contributed by atoms with E-state index in [4.69, 9.17) is 14.5 Å². The summed E-state index contributed by atoms with van der Waals surface area (Å²) in [6.45, 7) is 12.9. The molecule has 3 aliphatic rings. The van der Waals surface area contributed by atoms with Crippen molar-refractivity contribution in [1.82, 2.24) is 15.5 Å². The lowest BCUT2D eigenvalue weighted by Gasteiger charge is -2.34. The minimum Gasteiger partial charge on any atom is -0.444 e. The summed E-state index contributed by atoms with van der Waals surface area (Å²) in [4.78, 5) is 19.1. The Morgan fingerprint density at radius 3 is 2.22 bits per heavy atom. The van der Waals surface area contributed by atoms with Crippen molar-refractivity contribution in [3.05, 3.63) is 0 Å². The summed E-state index contributed by atoms with van der Waals surface area (Å²) in [5.74, 6) is 3.81. The van der Waals surface area contributed by atoms with Crippen LogP contribution in [-0.2, 0) is 9.47 Å². The fraction of sp³-hybridized carbons (Fsp3) is 0.917. The number of ether oxygens (including phenoxy) is 2. The van der Waals surface area contributed by atoms with Crippen molar-refractivity contribution in [1.29, 1.82) is 0 Å². The quantitative estimate of drug-likeness (QED) is 0.178. The van der Waals surface area contributed by atoms with Crippen molar-refractivity contribution in [3.63, 3.8) is 0 Å². The van der Waals surface area contributed by atoms with Crippen LogP contribution in [0.1, 0.15) is 72.6 Å². The normalized spacial score (nSPS) is 20.2. The summed E-state index contributed by atoms with van der Waals surface area (Å²) in [6, 6.07) is 0. The van der Waals surface area contributed by atoms with Crippen molar-refractivity contribution in [2.24, 2.45) is 22.7 Å². The molecule has 2 N–H and O–H groups in total. The molecule has 1 heterocycles. The van der Waals surface area contributed by atoms with Gasteiger partial charge in [0.25, 0.3) is 0 Å². The molecule has 32 heavy (non-hydrogen) atoms. The smallest absolute Gasteiger partial charge is 0.407 e. The Bertz CT molecular complexity index is 583. The number of piperidine rings is 1. The van der Waals surface area contributed by atoms with Gasteiger partial charge in [-0.05, 0) is 90.4 Å². The molecule has 3 fully saturated rings.